The number of carbonyl (C=O) groups is 1. The van der Waals surface area contributed by atoms with Crippen LogP contribution in [-0.4, -0.2) is 12.6 Å². The maximum absolute atomic E-state index is 11.6. The maximum atomic E-state index is 11.6. The molecule has 0 saturated heterocycles. The van der Waals surface area contributed by atoms with Crippen LogP contribution < -0.4 is 10.6 Å². The molecule has 2 amide bonds. The summed E-state index contributed by atoms with van der Waals surface area (Å²) in [6.07, 6.45) is 0.855. The minimum atomic E-state index is -0.110. The number of hydrogen-bond acceptors (Lipinski definition) is 2. The summed E-state index contributed by atoms with van der Waals surface area (Å²) in [5.74, 6) is 0. The fourth-order valence-electron chi connectivity index (χ4n) is 1.83. The summed E-state index contributed by atoms with van der Waals surface area (Å²) in [4.78, 5) is 12.7. The zero-order valence-electron chi connectivity index (χ0n) is 11.0. The van der Waals surface area contributed by atoms with Gasteiger partial charge in [-0.05, 0) is 30.4 Å². The van der Waals surface area contributed by atoms with Gasteiger partial charge in [0.15, 0.2) is 0 Å². The Morgan fingerprint density at radius 2 is 2.11 bits per heavy atom. The SMILES string of the molecule is Cc1cccc(CCNC(=O)NCc2cccs2)c1. The van der Waals surface area contributed by atoms with Crippen LogP contribution in [0, 0.1) is 6.92 Å². The first-order valence-corrected chi connectivity index (χ1v) is 7.21. The molecule has 0 saturated carbocycles. The van der Waals surface area contributed by atoms with Crippen LogP contribution in [0.5, 0.6) is 0 Å². The molecule has 1 heterocycles. The van der Waals surface area contributed by atoms with Crippen LogP contribution in [0.25, 0.3) is 0 Å². The Bertz CT molecular complexity index is 523. The van der Waals surface area contributed by atoms with Crippen molar-refractivity contribution in [1.29, 1.82) is 0 Å². The fraction of sp³-hybridized carbons (Fsp3) is 0.267. The second-order valence-corrected chi connectivity index (χ2v) is 5.46. The number of urea groups is 1. The average molecular weight is 274 g/mol. The Labute approximate surface area is 117 Å². The van der Waals surface area contributed by atoms with Crippen molar-refractivity contribution < 1.29 is 4.79 Å². The highest BCUT2D eigenvalue weighted by Gasteiger charge is 2.00. The first-order valence-electron chi connectivity index (χ1n) is 6.33. The van der Waals surface area contributed by atoms with Gasteiger partial charge in [-0.1, -0.05) is 35.9 Å². The van der Waals surface area contributed by atoms with Crippen molar-refractivity contribution in [3.8, 4) is 0 Å². The maximum Gasteiger partial charge on any atom is 0.315 e. The number of rotatable bonds is 5. The minimum absolute atomic E-state index is 0.110. The van der Waals surface area contributed by atoms with Gasteiger partial charge >= 0.3 is 6.03 Å². The predicted octanol–water partition coefficient (Wildman–Crippen LogP) is 3.10. The Morgan fingerprint density at radius 3 is 2.84 bits per heavy atom. The lowest BCUT2D eigenvalue weighted by Crippen LogP contribution is -2.36. The van der Waals surface area contributed by atoms with Gasteiger partial charge in [0.1, 0.15) is 0 Å². The van der Waals surface area contributed by atoms with Crippen molar-refractivity contribution in [2.24, 2.45) is 0 Å². The fourth-order valence-corrected chi connectivity index (χ4v) is 2.48. The molecule has 2 rings (SSSR count). The first-order chi connectivity index (χ1) is 9.24. The van der Waals surface area contributed by atoms with Gasteiger partial charge in [-0.15, -0.1) is 11.3 Å². The Hall–Kier alpha value is -1.81. The third-order valence-corrected chi connectivity index (χ3v) is 3.66. The van der Waals surface area contributed by atoms with Crippen LogP contribution in [0.1, 0.15) is 16.0 Å². The molecule has 0 aliphatic carbocycles. The number of carbonyl (C=O) groups excluding carboxylic acids is 1. The lowest BCUT2D eigenvalue weighted by molar-refractivity contribution is 0.240. The van der Waals surface area contributed by atoms with Crippen molar-refractivity contribution >= 4 is 17.4 Å². The molecule has 0 radical (unpaired) electrons. The van der Waals surface area contributed by atoms with Gasteiger partial charge < -0.3 is 10.6 Å². The van der Waals surface area contributed by atoms with Crippen LogP contribution in [0.2, 0.25) is 0 Å². The van der Waals surface area contributed by atoms with Gasteiger partial charge in [-0.3, -0.25) is 0 Å². The van der Waals surface area contributed by atoms with Crippen molar-refractivity contribution in [3.05, 3.63) is 57.8 Å². The lowest BCUT2D eigenvalue weighted by Gasteiger charge is -2.07. The van der Waals surface area contributed by atoms with E-state index in [0.29, 0.717) is 13.1 Å². The van der Waals surface area contributed by atoms with Gasteiger partial charge in [0, 0.05) is 11.4 Å². The van der Waals surface area contributed by atoms with Crippen LogP contribution in [0.4, 0.5) is 4.79 Å². The van der Waals surface area contributed by atoms with E-state index in [4.69, 9.17) is 0 Å². The Morgan fingerprint density at radius 1 is 1.21 bits per heavy atom. The van der Waals surface area contributed by atoms with Gasteiger partial charge in [0.05, 0.1) is 6.54 Å². The number of aryl methyl sites for hydroxylation is 1. The van der Waals surface area contributed by atoms with E-state index in [-0.39, 0.29) is 6.03 Å². The molecular weight excluding hydrogens is 256 g/mol. The molecule has 0 fully saturated rings. The quantitative estimate of drug-likeness (QED) is 0.864. The van der Waals surface area contributed by atoms with E-state index < -0.39 is 0 Å². The average Bonchev–Trinajstić information content (AvgIpc) is 2.89. The van der Waals surface area contributed by atoms with E-state index in [1.807, 2.05) is 23.6 Å². The highest BCUT2D eigenvalue weighted by Crippen LogP contribution is 2.07. The normalized spacial score (nSPS) is 10.2. The minimum Gasteiger partial charge on any atom is -0.338 e. The molecule has 0 aliphatic heterocycles. The molecule has 1 aromatic carbocycles. The second-order valence-electron chi connectivity index (χ2n) is 4.43. The van der Waals surface area contributed by atoms with Gasteiger partial charge in [0.2, 0.25) is 0 Å². The summed E-state index contributed by atoms with van der Waals surface area (Å²) in [5, 5.41) is 7.72. The van der Waals surface area contributed by atoms with Gasteiger partial charge in [-0.25, -0.2) is 4.79 Å². The number of thiophene rings is 1. The van der Waals surface area contributed by atoms with E-state index in [2.05, 4.69) is 35.8 Å². The molecule has 0 unspecified atom stereocenters. The molecular formula is C15H18N2OS. The van der Waals surface area contributed by atoms with E-state index >= 15 is 0 Å². The molecule has 0 atom stereocenters. The van der Waals surface area contributed by atoms with Crippen LogP contribution >= 0.6 is 11.3 Å². The van der Waals surface area contributed by atoms with E-state index in [1.54, 1.807) is 11.3 Å². The number of amides is 2. The molecule has 1 aromatic heterocycles. The molecule has 2 N–H and O–H groups in total. The summed E-state index contributed by atoms with van der Waals surface area (Å²) in [6.45, 7) is 3.32. The summed E-state index contributed by atoms with van der Waals surface area (Å²) in [5.41, 5.74) is 2.50. The van der Waals surface area contributed by atoms with Gasteiger partial charge in [-0.2, -0.15) is 0 Å². The molecule has 0 aliphatic rings. The van der Waals surface area contributed by atoms with E-state index in [9.17, 15) is 4.79 Å². The monoisotopic (exact) mass is 274 g/mol. The van der Waals surface area contributed by atoms with Crippen molar-refractivity contribution in [3.63, 3.8) is 0 Å². The van der Waals surface area contributed by atoms with Crippen LogP contribution in [0.3, 0.4) is 0 Å². The second kappa shape index (κ2) is 6.95. The van der Waals surface area contributed by atoms with Crippen molar-refractivity contribution in [2.75, 3.05) is 6.54 Å². The predicted molar refractivity (Wildman–Crippen MR) is 79.4 cm³/mol. The number of nitrogens with one attached hydrogen (secondary N) is 2. The Kier molecular flexibility index (Phi) is 4.98. The van der Waals surface area contributed by atoms with Crippen LogP contribution in [0.15, 0.2) is 41.8 Å². The third-order valence-electron chi connectivity index (χ3n) is 2.78. The molecule has 3 nitrogen and oxygen atoms in total. The lowest BCUT2D eigenvalue weighted by atomic mass is 10.1. The standard InChI is InChI=1S/C15H18N2OS/c1-12-4-2-5-13(10-12)7-8-16-15(18)17-11-14-6-3-9-19-14/h2-6,9-10H,7-8,11H2,1H3,(H2,16,17,18). The summed E-state index contributed by atoms with van der Waals surface area (Å²) in [7, 11) is 0. The van der Waals surface area contributed by atoms with Gasteiger partial charge in [0.25, 0.3) is 0 Å². The molecule has 100 valence electrons. The topological polar surface area (TPSA) is 41.1 Å². The molecule has 2 aromatic rings. The highest BCUT2D eigenvalue weighted by atomic mass is 32.1. The zero-order valence-corrected chi connectivity index (χ0v) is 11.8. The van der Waals surface area contributed by atoms with Crippen molar-refractivity contribution in [1.82, 2.24) is 10.6 Å². The van der Waals surface area contributed by atoms with E-state index in [0.717, 1.165) is 11.3 Å². The summed E-state index contributed by atoms with van der Waals surface area (Å²) in [6, 6.07) is 12.2. The Balaban J connectivity index is 1.66. The molecule has 19 heavy (non-hydrogen) atoms. The zero-order chi connectivity index (χ0) is 13.5. The largest absolute Gasteiger partial charge is 0.338 e. The number of benzene rings is 1. The smallest absolute Gasteiger partial charge is 0.315 e. The van der Waals surface area contributed by atoms with Crippen LogP contribution in [-0.2, 0) is 13.0 Å². The highest BCUT2D eigenvalue weighted by molar-refractivity contribution is 7.09. The summed E-state index contributed by atoms with van der Waals surface area (Å²) >= 11 is 1.64. The first kappa shape index (κ1) is 13.6. The third kappa shape index (κ3) is 4.75. The number of hydrogen-bond donors (Lipinski definition) is 2. The summed E-state index contributed by atoms with van der Waals surface area (Å²) < 4.78 is 0. The van der Waals surface area contributed by atoms with E-state index in [1.165, 1.54) is 11.1 Å². The van der Waals surface area contributed by atoms with Crippen molar-refractivity contribution in [2.45, 2.75) is 19.9 Å². The molecule has 4 heteroatoms. The molecule has 0 bridgehead atoms. The molecule has 0 spiro atoms.